The second kappa shape index (κ2) is 8.15. The smallest absolute Gasteiger partial charge is 0.236 e. The Morgan fingerprint density at radius 3 is 2.25 bits per heavy atom. The van der Waals surface area contributed by atoms with E-state index >= 15 is 0 Å². The minimum atomic E-state index is 0.336. The number of hydrogen-bond acceptors (Lipinski definition) is 2. The summed E-state index contributed by atoms with van der Waals surface area (Å²) in [6, 6.07) is 9.57. The molecule has 3 heteroatoms. The first-order chi connectivity index (χ1) is 11.6. The Bertz CT molecular complexity index is 525. The van der Waals surface area contributed by atoms with Gasteiger partial charge in [-0.2, -0.15) is 0 Å². The van der Waals surface area contributed by atoms with Crippen molar-refractivity contribution in [2.24, 2.45) is 0 Å². The summed E-state index contributed by atoms with van der Waals surface area (Å²) < 4.78 is 0. The molecule has 0 radical (unpaired) electrons. The van der Waals surface area contributed by atoms with Gasteiger partial charge in [-0.15, -0.1) is 0 Å². The van der Waals surface area contributed by atoms with Crippen molar-refractivity contribution >= 4 is 5.91 Å². The van der Waals surface area contributed by atoms with Gasteiger partial charge in [-0.05, 0) is 42.7 Å². The van der Waals surface area contributed by atoms with Crippen molar-refractivity contribution in [1.82, 2.24) is 9.80 Å². The summed E-state index contributed by atoms with van der Waals surface area (Å²) in [6.45, 7) is 7.87. The van der Waals surface area contributed by atoms with Crippen LogP contribution in [0.5, 0.6) is 0 Å². The van der Waals surface area contributed by atoms with Gasteiger partial charge in [-0.3, -0.25) is 9.69 Å². The SMILES string of the molecule is CC(C)c1ccc(CN(CC(=O)N2CCCCCC2)C2CC2)cc1. The van der Waals surface area contributed by atoms with Gasteiger partial charge in [-0.1, -0.05) is 51.0 Å². The number of nitrogens with zero attached hydrogens (tertiary/aromatic N) is 2. The van der Waals surface area contributed by atoms with Crippen LogP contribution in [0.2, 0.25) is 0 Å². The third-order valence-electron chi connectivity index (χ3n) is 5.39. The van der Waals surface area contributed by atoms with Gasteiger partial charge < -0.3 is 4.90 Å². The second-order valence-electron chi connectivity index (χ2n) is 7.83. The Kier molecular flexibility index (Phi) is 5.94. The van der Waals surface area contributed by atoms with Crippen molar-refractivity contribution in [2.75, 3.05) is 19.6 Å². The summed E-state index contributed by atoms with van der Waals surface area (Å²) >= 11 is 0. The van der Waals surface area contributed by atoms with Gasteiger partial charge in [0.05, 0.1) is 6.54 Å². The second-order valence-corrected chi connectivity index (χ2v) is 7.83. The summed E-state index contributed by atoms with van der Waals surface area (Å²) in [7, 11) is 0. The highest BCUT2D eigenvalue weighted by Gasteiger charge is 2.31. The van der Waals surface area contributed by atoms with Crippen molar-refractivity contribution in [3.8, 4) is 0 Å². The molecule has 2 fully saturated rings. The molecule has 1 aliphatic carbocycles. The molecular formula is C21H32N2O. The summed E-state index contributed by atoms with van der Waals surface area (Å²) in [5.41, 5.74) is 2.72. The fourth-order valence-corrected chi connectivity index (χ4v) is 3.59. The Labute approximate surface area is 147 Å². The van der Waals surface area contributed by atoms with Crippen molar-refractivity contribution in [3.63, 3.8) is 0 Å². The molecular weight excluding hydrogens is 296 g/mol. The summed E-state index contributed by atoms with van der Waals surface area (Å²) in [4.78, 5) is 17.2. The summed E-state index contributed by atoms with van der Waals surface area (Å²) in [5.74, 6) is 0.908. The van der Waals surface area contributed by atoms with E-state index in [1.807, 2.05) is 0 Å². The maximum Gasteiger partial charge on any atom is 0.236 e. The maximum absolute atomic E-state index is 12.7. The number of amides is 1. The van der Waals surface area contributed by atoms with Gasteiger partial charge in [-0.25, -0.2) is 0 Å². The van der Waals surface area contributed by atoms with Gasteiger partial charge in [0, 0.05) is 25.7 Å². The van der Waals surface area contributed by atoms with E-state index in [0.717, 1.165) is 19.6 Å². The number of hydrogen-bond donors (Lipinski definition) is 0. The van der Waals surface area contributed by atoms with Crippen molar-refractivity contribution < 1.29 is 4.79 Å². The standard InChI is InChI=1S/C21H32N2O/c1-17(2)19-9-7-18(8-10-19)15-23(20-11-12-20)16-21(24)22-13-5-3-4-6-14-22/h7-10,17,20H,3-6,11-16H2,1-2H3. The number of carbonyl (C=O) groups excluding carboxylic acids is 1. The molecule has 3 rings (SSSR count). The van der Waals surface area contributed by atoms with Crippen LogP contribution in [-0.4, -0.2) is 41.4 Å². The lowest BCUT2D eigenvalue weighted by atomic mass is 10.0. The lowest BCUT2D eigenvalue weighted by Gasteiger charge is -2.26. The van der Waals surface area contributed by atoms with E-state index in [4.69, 9.17) is 0 Å². The molecule has 1 aromatic carbocycles. The molecule has 1 aromatic rings. The fraction of sp³-hybridized carbons (Fsp3) is 0.667. The van der Waals surface area contributed by atoms with Gasteiger partial charge in [0.15, 0.2) is 0 Å². The Hall–Kier alpha value is -1.35. The molecule has 0 atom stereocenters. The van der Waals surface area contributed by atoms with E-state index in [2.05, 4.69) is 47.9 Å². The zero-order chi connectivity index (χ0) is 16.9. The maximum atomic E-state index is 12.7. The molecule has 1 amide bonds. The molecule has 1 saturated carbocycles. The third-order valence-corrected chi connectivity index (χ3v) is 5.39. The fourth-order valence-electron chi connectivity index (χ4n) is 3.59. The van der Waals surface area contributed by atoms with Gasteiger partial charge >= 0.3 is 0 Å². The van der Waals surface area contributed by atoms with Gasteiger partial charge in [0.2, 0.25) is 5.91 Å². The highest BCUT2D eigenvalue weighted by molar-refractivity contribution is 5.78. The largest absolute Gasteiger partial charge is 0.342 e. The molecule has 0 unspecified atom stereocenters. The third kappa shape index (κ3) is 4.83. The summed E-state index contributed by atoms with van der Waals surface area (Å²) in [5, 5.41) is 0. The van der Waals surface area contributed by atoms with Crippen LogP contribution in [-0.2, 0) is 11.3 Å². The topological polar surface area (TPSA) is 23.6 Å². The average Bonchev–Trinajstić information content (AvgIpc) is 3.41. The first kappa shape index (κ1) is 17.5. The number of likely N-dealkylation sites (tertiary alicyclic amines) is 1. The van der Waals surface area contributed by atoms with Crippen molar-refractivity contribution in [1.29, 1.82) is 0 Å². The first-order valence-electron chi connectivity index (χ1n) is 9.74. The highest BCUT2D eigenvalue weighted by atomic mass is 16.2. The lowest BCUT2D eigenvalue weighted by molar-refractivity contribution is -0.132. The molecule has 2 aliphatic rings. The van der Waals surface area contributed by atoms with E-state index in [0.29, 0.717) is 24.4 Å². The monoisotopic (exact) mass is 328 g/mol. The van der Waals surface area contributed by atoms with Crippen LogP contribution >= 0.6 is 0 Å². The van der Waals surface area contributed by atoms with Crippen LogP contribution < -0.4 is 0 Å². The normalized spacial score (nSPS) is 18.9. The van der Waals surface area contributed by atoms with Crippen LogP contribution in [0.1, 0.15) is 69.4 Å². The zero-order valence-corrected chi connectivity index (χ0v) is 15.3. The minimum Gasteiger partial charge on any atom is -0.342 e. The summed E-state index contributed by atoms with van der Waals surface area (Å²) in [6.07, 6.45) is 7.39. The molecule has 24 heavy (non-hydrogen) atoms. The van der Waals surface area contributed by atoms with Crippen LogP contribution in [0.25, 0.3) is 0 Å². The molecule has 0 aromatic heterocycles. The Morgan fingerprint density at radius 1 is 1.08 bits per heavy atom. The zero-order valence-electron chi connectivity index (χ0n) is 15.3. The van der Waals surface area contributed by atoms with Crippen LogP contribution in [0, 0.1) is 0 Å². The first-order valence-corrected chi connectivity index (χ1v) is 9.74. The van der Waals surface area contributed by atoms with Crippen LogP contribution in [0.4, 0.5) is 0 Å². The van der Waals surface area contributed by atoms with Crippen molar-refractivity contribution in [3.05, 3.63) is 35.4 Å². The minimum absolute atomic E-state index is 0.336. The molecule has 1 heterocycles. The van der Waals surface area contributed by atoms with Gasteiger partial charge in [0.1, 0.15) is 0 Å². The predicted octanol–water partition coefficient (Wildman–Crippen LogP) is 4.18. The highest BCUT2D eigenvalue weighted by Crippen LogP contribution is 2.28. The van der Waals surface area contributed by atoms with E-state index in [1.165, 1.54) is 49.7 Å². The van der Waals surface area contributed by atoms with E-state index in [-0.39, 0.29) is 0 Å². The van der Waals surface area contributed by atoms with E-state index in [9.17, 15) is 4.79 Å². The van der Waals surface area contributed by atoms with Crippen molar-refractivity contribution in [2.45, 2.75) is 70.9 Å². The molecule has 3 nitrogen and oxygen atoms in total. The molecule has 0 spiro atoms. The molecule has 1 saturated heterocycles. The van der Waals surface area contributed by atoms with Crippen LogP contribution in [0.15, 0.2) is 24.3 Å². The van der Waals surface area contributed by atoms with E-state index in [1.54, 1.807) is 0 Å². The number of carbonyl (C=O) groups is 1. The molecule has 132 valence electrons. The quantitative estimate of drug-likeness (QED) is 0.782. The Morgan fingerprint density at radius 2 is 1.71 bits per heavy atom. The molecule has 0 N–H and O–H groups in total. The molecule has 0 bridgehead atoms. The Balaban J connectivity index is 1.59. The van der Waals surface area contributed by atoms with E-state index < -0.39 is 0 Å². The molecule has 1 aliphatic heterocycles. The predicted molar refractivity (Wildman–Crippen MR) is 99.0 cm³/mol. The lowest BCUT2D eigenvalue weighted by Crippen LogP contribution is -2.41. The van der Waals surface area contributed by atoms with Gasteiger partial charge in [0.25, 0.3) is 0 Å². The van der Waals surface area contributed by atoms with Crippen LogP contribution in [0.3, 0.4) is 0 Å². The number of benzene rings is 1. The number of rotatable bonds is 6. The average molecular weight is 329 g/mol.